The zero-order valence-corrected chi connectivity index (χ0v) is 10.5. The number of nitrogens with one attached hydrogen (secondary N) is 1. The quantitative estimate of drug-likeness (QED) is 0.862. The second kappa shape index (κ2) is 5.67. The fourth-order valence-corrected chi connectivity index (χ4v) is 2.05. The Balaban J connectivity index is 1.99. The molecule has 96 valence electrons. The molecular formula is C14H17NO3. The average Bonchev–Trinajstić information content (AvgIpc) is 2.76. The van der Waals surface area contributed by atoms with E-state index in [4.69, 9.17) is 4.74 Å². The number of fused-ring (bicyclic) bond motifs is 1. The first-order valence-electron chi connectivity index (χ1n) is 6.27. The molecule has 0 spiro atoms. The van der Waals surface area contributed by atoms with Crippen molar-refractivity contribution in [1.82, 2.24) is 5.32 Å². The summed E-state index contributed by atoms with van der Waals surface area (Å²) in [5.41, 5.74) is 1.67. The van der Waals surface area contributed by atoms with Gasteiger partial charge in [-0.1, -0.05) is 19.1 Å². The molecule has 0 saturated carbocycles. The zero-order valence-electron chi connectivity index (χ0n) is 10.5. The Labute approximate surface area is 106 Å². The Kier molecular flexibility index (Phi) is 3.97. The van der Waals surface area contributed by atoms with Crippen molar-refractivity contribution in [3.63, 3.8) is 0 Å². The molecule has 1 aliphatic carbocycles. The molecule has 0 saturated heterocycles. The molecule has 0 bridgehead atoms. The maximum atomic E-state index is 11.6. The monoisotopic (exact) mass is 247 g/mol. The summed E-state index contributed by atoms with van der Waals surface area (Å²) < 4.78 is 5.49. The van der Waals surface area contributed by atoms with Crippen LogP contribution in [0.3, 0.4) is 0 Å². The fourth-order valence-electron chi connectivity index (χ4n) is 2.05. The molecular weight excluding hydrogens is 230 g/mol. The Morgan fingerprint density at radius 3 is 3.00 bits per heavy atom. The van der Waals surface area contributed by atoms with Crippen LogP contribution in [0.15, 0.2) is 18.2 Å². The third-order valence-electron chi connectivity index (χ3n) is 2.97. The normalized spacial score (nSPS) is 13.3. The van der Waals surface area contributed by atoms with Gasteiger partial charge < -0.3 is 10.1 Å². The van der Waals surface area contributed by atoms with E-state index in [2.05, 4.69) is 5.32 Å². The lowest BCUT2D eigenvalue weighted by atomic mass is 10.1. The lowest BCUT2D eigenvalue weighted by molar-refractivity contribution is -0.123. The van der Waals surface area contributed by atoms with Crippen LogP contribution in [-0.4, -0.2) is 24.8 Å². The molecule has 0 unspecified atom stereocenters. The molecule has 4 nitrogen and oxygen atoms in total. The number of rotatable bonds is 5. The van der Waals surface area contributed by atoms with Crippen LogP contribution in [0, 0.1) is 0 Å². The molecule has 1 aliphatic rings. The van der Waals surface area contributed by atoms with Crippen LogP contribution in [-0.2, 0) is 11.2 Å². The summed E-state index contributed by atoms with van der Waals surface area (Å²) in [6.07, 6.45) is 2.15. The van der Waals surface area contributed by atoms with Gasteiger partial charge in [0.2, 0.25) is 0 Å². The molecule has 18 heavy (non-hydrogen) atoms. The summed E-state index contributed by atoms with van der Waals surface area (Å²) in [7, 11) is 0. The highest BCUT2D eigenvalue weighted by Crippen LogP contribution is 2.30. The van der Waals surface area contributed by atoms with Crippen LogP contribution in [0.2, 0.25) is 0 Å². The van der Waals surface area contributed by atoms with Crippen molar-refractivity contribution in [2.75, 3.05) is 13.2 Å². The minimum absolute atomic E-state index is 0.00461. The molecule has 0 heterocycles. The summed E-state index contributed by atoms with van der Waals surface area (Å²) >= 11 is 0. The Hall–Kier alpha value is -1.84. The van der Waals surface area contributed by atoms with Gasteiger partial charge in [-0.05, 0) is 18.9 Å². The number of carbonyl (C=O) groups excluding carboxylic acids is 2. The number of Topliss-reactive ketones (excluding diaryl/α,β-unsaturated/α-hetero) is 1. The van der Waals surface area contributed by atoms with E-state index in [9.17, 15) is 9.59 Å². The SMILES string of the molecule is CCCNC(=O)COc1cccc2c1CCC2=O. The van der Waals surface area contributed by atoms with E-state index < -0.39 is 0 Å². The van der Waals surface area contributed by atoms with Gasteiger partial charge in [0.25, 0.3) is 5.91 Å². The highest BCUT2D eigenvalue weighted by molar-refractivity contribution is 6.01. The van der Waals surface area contributed by atoms with Crippen molar-refractivity contribution in [1.29, 1.82) is 0 Å². The summed E-state index contributed by atoms with van der Waals surface area (Å²) in [5.74, 6) is 0.689. The smallest absolute Gasteiger partial charge is 0.257 e. The minimum atomic E-state index is -0.126. The third-order valence-corrected chi connectivity index (χ3v) is 2.97. The van der Waals surface area contributed by atoms with E-state index in [0.717, 1.165) is 17.5 Å². The van der Waals surface area contributed by atoms with Crippen molar-refractivity contribution in [2.45, 2.75) is 26.2 Å². The average molecular weight is 247 g/mol. The van der Waals surface area contributed by atoms with Gasteiger partial charge in [0.05, 0.1) is 0 Å². The van der Waals surface area contributed by atoms with Gasteiger partial charge in [0, 0.05) is 24.1 Å². The fraction of sp³-hybridized carbons (Fsp3) is 0.429. The number of hydrogen-bond donors (Lipinski definition) is 1. The lowest BCUT2D eigenvalue weighted by Crippen LogP contribution is -2.29. The predicted molar refractivity (Wildman–Crippen MR) is 67.9 cm³/mol. The van der Waals surface area contributed by atoms with E-state index in [-0.39, 0.29) is 18.3 Å². The summed E-state index contributed by atoms with van der Waals surface area (Å²) in [5, 5.41) is 2.75. The maximum Gasteiger partial charge on any atom is 0.257 e. The van der Waals surface area contributed by atoms with Crippen LogP contribution < -0.4 is 10.1 Å². The van der Waals surface area contributed by atoms with Gasteiger partial charge in [-0.3, -0.25) is 9.59 Å². The van der Waals surface area contributed by atoms with Crippen LogP contribution in [0.4, 0.5) is 0 Å². The van der Waals surface area contributed by atoms with E-state index in [0.29, 0.717) is 25.1 Å². The predicted octanol–water partition coefficient (Wildman–Crippen LogP) is 1.72. The summed E-state index contributed by atoms with van der Waals surface area (Å²) in [4.78, 5) is 23.0. The second-order valence-corrected chi connectivity index (χ2v) is 4.34. The van der Waals surface area contributed by atoms with E-state index in [1.54, 1.807) is 6.07 Å². The minimum Gasteiger partial charge on any atom is -0.483 e. The van der Waals surface area contributed by atoms with Crippen molar-refractivity contribution in [3.05, 3.63) is 29.3 Å². The zero-order chi connectivity index (χ0) is 13.0. The van der Waals surface area contributed by atoms with Gasteiger partial charge in [-0.25, -0.2) is 0 Å². The van der Waals surface area contributed by atoms with Gasteiger partial charge in [-0.2, -0.15) is 0 Å². The first-order chi connectivity index (χ1) is 8.72. The molecule has 0 radical (unpaired) electrons. The van der Waals surface area contributed by atoms with Crippen LogP contribution >= 0.6 is 0 Å². The molecule has 1 aromatic rings. The van der Waals surface area contributed by atoms with Gasteiger partial charge in [-0.15, -0.1) is 0 Å². The Bertz CT molecular complexity index is 468. The number of benzene rings is 1. The molecule has 0 aromatic heterocycles. The summed E-state index contributed by atoms with van der Waals surface area (Å²) in [6, 6.07) is 5.42. The number of ether oxygens (including phenoxy) is 1. The van der Waals surface area contributed by atoms with Gasteiger partial charge in [0.1, 0.15) is 5.75 Å². The lowest BCUT2D eigenvalue weighted by Gasteiger charge is -2.10. The van der Waals surface area contributed by atoms with Crippen molar-refractivity contribution < 1.29 is 14.3 Å². The highest BCUT2D eigenvalue weighted by Gasteiger charge is 2.22. The maximum absolute atomic E-state index is 11.6. The second-order valence-electron chi connectivity index (χ2n) is 4.34. The summed E-state index contributed by atoms with van der Waals surface area (Å²) in [6.45, 7) is 2.66. The Morgan fingerprint density at radius 2 is 2.22 bits per heavy atom. The number of amides is 1. The Morgan fingerprint density at radius 1 is 1.39 bits per heavy atom. The first kappa shape index (κ1) is 12.6. The van der Waals surface area contributed by atoms with Crippen LogP contribution in [0.1, 0.15) is 35.7 Å². The van der Waals surface area contributed by atoms with Crippen molar-refractivity contribution in [3.8, 4) is 5.75 Å². The molecule has 1 aromatic carbocycles. The molecule has 1 N–H and O–H groups in total. The molecule has 2 rings (SSSR count). The van der Waals surface area contributed by atoms with E-state index in [1.807, 2.05) is 19.1 Å². The third kappa shape index (κ3) is 2.70. The molecule has 0 fully saturated rings. The number of hydrogen-bond acceptors (Lipinski definition) is 3. The van der Waals surface area contributed by atoms with Crippen molar-refractivity contribution in [2.24, 2.45) is 0 Å². The molecule has 1 amide bonds. The molecule has 4 heteroatoms. The standard InChI is InChI=1S/C14H17NO3/c1-2-8-15-14(17)9-18-13-5-3-4-10-11(13)6-7-12(10)16/h3-5H,2,6-9H2,1H3,(H,15,17). The van der Waals surface area contributed by atoms with Gasteiger partial charge in [0.15, 0.2) is 12.4 Å². The molecule has 0 atom stereocenters. The van der Waals surface area contributed by atoms with E-state index in [1.165, 1.54) is 0 Å². The van der Waals surface area contributed by atoms with Crippen LogP contribution in [0.25, 0.3) is 0 Å². The molecule has 0 aliphatic heterocycles. The topological polar surface area (TPSA) is 55.4 Å². The van der Waals surface area contributed by atoms with E-state index >= 15 is 0 Å². The highest BCUT2D eigenvalue weighted by atomic mass is 16.5. The van der Waals surface area contributed by atoms with Crippen LogP contribution in [0.5, 0.6) is 5.75 Å². The largest absolute Gasteiger partial charge is 0.483 e. The number of carbonyl (C=O) groups is 2. The van der Waals surface area contributed by atoms with Gasteiger partial charge >= 0.3 is 0 Å². The first-order valence-corrected chi connectivity index (χ1v) is 6.27. The van der Waals surface area contributed by atoms with Crippen molar-refractivity contribution >= 4 is 11.7 Å². The number of ketones is 1.